The van der Waals surface area contributed by atoms with E-state index in [0.717, 1.165) is 0 Å². The minimum atomic E-state index is -4.69. The predicted molar refractivity (Wildman–Crippen MR) is 41.3 cm³/mol. The van der Waals surface area contributed by atoms with E-state index in [-0.39, 0.29) is 0 Å². The second-order valence-corrected chi connectivity index (χ2v) is 3.60. The number of hydrogen-bond acceptors (Lipinski definition) is 4. The van der Waals surface area contributed by atoms with E-state index in [0.29, 0.717) is 0 Å². The van der Waals surface area contributed by atoms with Gasteiger partial charge in [-0.15, -0.1) is 0 Å². The van der Waals surface area contributed by atoms with Gasteiger partial charge in [-0.2, -0.15) is 14.0 Å². The highest BCUT2D eigenvalue weighted by molar-refractivity contribution is 4.39. The van der Waals surface area contributed by atoms with Gasteiger partial charge < -0.3 is 0 Å². The molecule has 0 unspecified atom stereocenters. The van der Waals surface area contributed by atoms with Gasteiger partial charge in [0.2, 0.25) is 0 Å². The molecule has 0 saturated heterocycles. The summed E-state index contributed by atoms with van der Waals surface area (Å²) >= 11 is 0. The molecule has 0 rings (SSSR count). The summed E-state index contributed by atoms with van der Waals surface area (Å²) < 4.78 is 32.7. The monoisotopic (exact) mass is 214 g/mol. The van der Waals surface area contributed by atoms with Crippen LogP contribution < -0.4 is 14.0 Å². The first-order valence-electron chi connectivity index (χ1n) is 4.55. The molecule has 0 heterocycles. The Morgan fingerprint density at radius 1 is 0.846 bits per heavy atom. The zero-order chi connectivity index (χ0) is 10.7. The highest BCUT2D eigenvalue weighted by atomic mass is 35.7. The molecule has 0 saturated carbocycles. The summed E-state index contributed by atoms with van der Waals surface area (Å²) in [6.45, 7) is 4.51. The van der Waals surface area contributed by atoms with Crippen molar-refractivity contribution in [1.82, 2.24) is 0 Å². The Labute approximate surface area is 81.9 Å². The molecular formula is C8H19ClO4. The van der Waals surface area contributed by atoms with Crippen LogP contribution in [0.25, 0.3) is 0 Å². The Kier molecular flexibility index (Phi) is 12.3. The summed E-state index contributed by atoms with van der Waals surface area (Å²) in [5.74, 6) is 0. The van der Waals surface area contributed by atoms with Crippen molar-refractivity contribution in [3.05, 3.63) is 0 Å². The Morgan fingerprint density at radius 2 is 1.08 bits per heavy atom. The molecule has 4 nitrogen and oxygen atoms in total. The van der Waals surface area contributed by atoms with E-state index in [1.54, 1.807) is 0 Å². The van der Waals surface area contributed by atoms with Crippen LogP contribution in [0.4, 0.5) is 0 Å². The zero-order valence-electron chi connectivity index (χ0n) is 8.29. The van der Waals surface area contributed by atoms with Crippen molar-refractivity contribution in [3.8, 4) is 0 Å². The Balaban J connectivity index is 0. The minimum Gasteiger partial charge on any atom is -0.183 e. The van der Waals surface area contributed by atoms with Crippen molar-refractivity contribution >= 4 is 0 Å². The predicted octanol–water partition coefficient (Wildman–Crippen LogP) is -0.757. The smallest absolute Gasteiger partial charge is 0.0777 e. The van der Waals surface area contributed by atoms with Crippen molar-refractivity contribution in [2.75, 3.05) is 0 Å². The van der Waals surface area contributed by atoms with E-state index >= 15 is 0 Å². The largest absolute Gasteiger partial charge is 0.183 e. The topological polar surface area (TPSA) is 89.4 Å². The molecule has 0 aromatic heterocycles. The molecule has 5 heteroatoms. The molecular weight excluding hydrogens is 196 g/mol. The standard InChI is InChI=1S/C8H18.ClHO4/c1-3-5-7-8-6-4-2;2-1(3,4)5/h3-8H2,1-2H3;(H,2,3,4,5). The summed E-state index contributed by atoms with van der Waals surface area (Å²) in [6.07, 6.45) is 8.49. The molecule has 82 valence electrons. The molecule has 0 aromatic carbocycles. The van der Waals surface area contributed by atoms with Gasteiger partial charge in [0.05, 0.1) is 14.9 Å². The second kappa shape index (κ2) is 10.2. The van der Waals surface area contributed by atoms with E-state index in [4.69, 9.17) is 18.6 Å². The lowest BCUT2D eigenvalue weighted by Gasteiger charge is -2.03. The molecule has 0 aliphatic carbocycles. The first kappa shape index (κ1) is 15.6. The van der Waals surface area contributed by atoms with Gasteiger partial charge in [0, 0.05) is 0 Å². The molecule has 0 aliphatic heterocycles. The second-order valence-electron chi connectivity index (χ2n) is 2.81. The van der Waals surface area contributed by atoms with Crippen molar-refractivity contribution in [3.63, 3.8) is 0 Å². The quantitative estimate of drug-likeness (QED) is 0.610. The Hall–Kier alpha value is 0.130. The first-order chi connectivity index (χ1) is 5.91. The zero-order valence-corrected chi connectivity index (χ0v) is 9.05. The van der Waals surface area contributed by atoms with E-state index < -0.39 is 10.2 Å². The van der Waals surface area contributed by atoms with Gasteiger partial charge in [-0.1, -0.05) is 52.4 Å². The van der Waals surface area contributed by atoms with E-state index in [1.807, 2.05) is 0 Å². The van der Waals surface area contributed by atoms with E-state index in [1.165, 1.54) is 38.5 Å². The maximum atomic E-state index is 8.60. The highest BCUT2D eigenvalue weighted by Crippen LogP contribution is 2.03. The van der Waals surface area contributed by atoms with Crippen LogP contribution in [0.3, 0.4) is 0 Å². The van der Waals surface area contributed by atoms with Gasteiger partial charge in [-0.25, -0.2) is 0 Å². The highest BCUT2D eigenvalue weighted by Gasteiger charge is 1.98. The lowest BCUT2D eigenvalue weighted by molar-refractivity contribution is -1.92. The van der Waals surface area contributed by atoms with Gasteiger partial charge in [0.1, 0.15) is 0 Å². The molecule has 0 spiro atoms. The average Bonchev–Trinajstić information content (AvgIpc) is 1.95. The average molecular weight is 215 g/mol. The van der Waals surface area contributed by atoms with Gasteiger partial charge >= 0.3 is 0 Å². The van der Waals surface area contributed by atoms with Crippen molar-refractivity contribution in [2.45, 2.75) is 52.4 Å². The first-order valence-corrected chi connectivity index (χ1v) is 5.81. The summed E-state index contributed by atoms with van der Waals surface area (Å²) in [5.41, 5.74) is 0. The number of rotatable bonds is 5. The fourth-order valence-corrected chi connectivity index (χ4v) is 0.854. The molecule has 1 N–H and O–H groups in total. The van der Waals surface area contributed by atoms with Crippen molar-refractivity contribution in [2.24, 2.45) is 0 Å². The van der Waals surface area contributed by atoms with Crippen molar-refractivity contribution in [1.29, 1.82) is 0 Å². The lowest BCUT2D eigenvalue weighted by atomic mass is 10.1. The fourth-order valence-electron chi connectivity index (χ4n) is 0.854. The summed E-state index contributed by atoms with van der Waals surface area (Å²) in [5, 5.41) is 0. The number of hydrogen-bond donors (Lipinski definition) is 1. The van der Waals surface area contributed by atoms with E-state index in [2.05, 4.69) is 13.8 Å². The third-order valence-corrected chi connectivity index (χ3v) is 1.46. The SMILES string of the molecule is CCCCCCCC.[O-][Cl+3]([O-])([O-])O. The van der Waals surface area contributed by atoms with Crippen LogP contribution in [0.15, 0.2) is 0 Å². The van der Waals surface area contributed by atoms with Gasteiger partial charge in [0.25, 0.3) is 0 Å². The summed E-state index contributed by atoms with van der Waals surface area (Å²) in [7, 11) is -4.69. The van der Waals surface area contributed by atoms with Crippen LogP contribution in [0, 0.1) is 10.2 Å². The molecule has 0 radical (unpaired) electrons. The maximum Gasteiger partial charge on any atom is 0.0777 e. The van der Waals surface area contributed by atoms with Crippen LogP contribution in [-0.2, 0) is 0 Å². The Morgan fingerprint density at radius 3 is 1.23 bits per heavy atom. The molecule has 13 heavy (non-hydrogen) atoms. The Bertz CT molecular complexity index is 80.6. The van der Waals surface area contributed by atoms with E-state index in [9.17, 15) is 0 Å². The molecule has 0 amide bonds. The lowest BCUT2D eigenvalue weighted by Crippen LogP contribution is -2.58. The van der Waals surface area contributed by atoms with Crippen LogP contribution in [0.2, 0.25) is 0 Å². The third-order valence-electron chi connectivity index (χ3n) is 1.46. The third kappa shape index (κ3) is 47.3. The van der Waals surface area contributed by atoms with Crippen molar-refractivity contribution < 1.29 is 28.9 Å². The summed E-state index contributed by atoms with van der Waals surface area (Å²) in [4.78, 5) is 0. The fraction of sp³-hybridized carbons (Fsp3) is 1.00. The minimum absolute atomic E-state index is 1.36. The maximum absolute atomic E-state index is 8.60. The molecule has 0 atom stereocenters. The molecule has 0 fully saturated rings. The van der Waals surface area contributed by atoms with Crippen LogP contribution >= 0.6 is 0 Å². The molecule has 0 aromatic rings. The number of halogens is 1. The van der Waals surface area contributed by atoms with Gasteiger partial charge in [0.15, 0.2) is 0 Å². The van der Waals surface area contributed by atoms with Crippen LogP contribution in [0.1, 0.15) is 52.4 Å². The molecule has 0 aliphatic rings. The normalized spacial score (nSPS) is 10.6. The molecule has 0 bridgehead atoms. The van der Waals surface area contributed by atoms with Gasteiger partial charge in [-0.05, 0) is 0 Å². The van der Waals surface area contributed by atoms with Crippen LogP contribution in [-0.4, -0.2) is 4.66 Å². The van der Waals surface area contributed by atoms with Gasteiger partial charge in [-0.3, -0.25) is 0 Å². The summed E-state index contributed by atoms with van der Waals surface area (Å²) in [6, 6.07) is 0. The number of unbranched alkanes of at least 4 members (excludes halogenated alkanes) is 5. The van der Waals surface area contributed by atoms with Crippen LogP contribution in [0.5, 0.6) is 0 Å².